The van der Waals surface area contributed by atoms with Gasteiger partial charge in [0.1, 0.15) is 17.1 Å². The lowest BCUT2D eigenvalue weighted by molar-refractivity contribution is 0.0694. The molecule has 7 heteroatoms. The molecule has 3 rings (SSSR count). The predicted molar refractivity (Wildman–Crippen MR) is 123 cm³/mol. The fraction of sp³-hybridized carbons (Fsp3) is 0.524. The van der Waals surface area contributed by atoms with E-state index in [0.29, 0.717) is 0 Å². The van der Waals surface area contributed by atoms with E-state index in [0.717, 1.165) is 49.0 Å². The van der Waals surface area contributed by atoms with Gasteiger partial charge < -0.3 is 19.9 Å². The Morgan fingerprint density at radius 2 is 2.04 bits per heavy atom. The van der Waals surface area contributed by atoms with Crippen LogP contribution >= 0.6 is 24.0 Å². The fourth-order valence-corrected chi connectivity index (χ4v) is 3.62. The molecular formula is C21H31IN4O2. The number of nitrogens with one attached hydrogen (secondary N) is 2. The first-order valence-electron chi connectivity index (χ1n) is 9.56. The molecule has 154 valence electrons. The molecule has 1 aliphatic rings. The van der Waals surface area contributed by atoms with E-state index in [1.165, 1.54) is 11.1 Å². The van der Waals surface area contributed by atoms with Crippen LogP contribution in [0, 0.1) is 13.8 Å². The van der Waals surface area contributed by atoms with Gasteiger partial charge >= 0.3 is 0 Å². The number of aromatic nitrogens is 1. The van der Waals surface area contributed by atoms with Crippen LogP contribution in [0.2, 0.25) is 0 Å². The van der Waals surface area contributed by atoms with Gasteiger partial charge in [-0.2, -0.15) is 0 Å². The molecule has 0 saturated heterocycles. The minimum Gasteiger partial charge on any atom is -0.487 e. The van der Waals surface area contributed by atoms with Crippen molar-refractivity contribution in [3.63, 3.8) is 0 Å². The van der Waals surface area contributed by atoms with E-state index >= 15 is 0 Å². The molecule has 2 heterocycles. The summed E-state index contributed by atoms with van der Waals surface area (Å²) in [6, 6.07) is 8.38. The molecule has 0 amide bonds. The monoisotopic (exact) mass is 498 g/mol. The molecule has 6 nitrogen and oxygen atoms in total. The van der Waals surface area contributed by atoms with Crippen LogP contribution in [-0.4, -0.2) is 30.3 Å². The maximum Gasteiger partial charge on any atom is 0.191 e. The molecule has 0 fully saturated rings. The number of benzene rings is 1. The number of aliphatic imine (C=N–C) groups is 1. The number of halogens is 1. The lowest BCUT2D eigenvalue weighted by Crippen LogP contribution is -2.45. The van der Waals surface area contributed by atoms with E-state index in [-0.39, 0.29) is 35.6 Å². The van der Waals surface area contributed by atoms with Gasteiger partial charge in [0.15, 0.2) is 5.96 Å². The second-order valence-electron chi connectivity index (χ2n) is 7.71. The summed E-state index contributed by atoms with van der Waals surface area (Å²) in [6.45, 7) is 9.03. The summed E-state index contributed by atoms with van der Waals surface area (Å²) in [6.07, 6.45) is 2.81. The number of ether oxygens (including phenoxy) is 1. The summed E-state index contributed by atoms with van der Waals surface area (Å²) in [5.74, 6) is 2.67. The molecule has 1 aromatic heterocycles. The molecular weight excluding hydrogens is 467 g/mol. The molecule has 28 heavy (non-hydrogen) atoms. The van der Waals surface area contributed by atoms with Crippen molar-refractivity contribution in [1.29, 1.82) is 0 Å². The zero-order valence-corrected chi connectivity index (χ0v) is 19.7. The van der Waals surface area contributed by atoms with E-state index in [4.69, 9.17) is 9.26 Å². The highest BCUT2D eigenvalue weighted by molar-refractivity contribution is 14.0. The Balaban J connectivity index is 0.00000280. The topological polar surface area (TPSA) is 71.7 Å². The van der Waals surface area contributed by atoms with Crippen molar-refractivity contribution in [3.8, 4) is 5.75 Å². The van der Waals surface area contributed by atoms with Crippen LogP contribution in [0.25, 0.3) is 0 Å². The quantitative estimate of drug-likeness (QED) is 0.278. The van der Waals surface area contributed by atoms with Gasteiger partial charge in [0.05, 0.1) is 11.7 Å². The molecule has 1 unspecified atom stereocenters. The van der Waals surface area contributed by atoms with E-state index < -0.39 is 0 Å². The third-order valence-electron chi connectivity index (χ3n) is 4.99. The van der Waals surface area contributed by atoms with E-state index in [2.05, 4.69) is 46.8 Å². The number of nitrogens with zero attached hydrogens (tertiary/aromatic N) is 2. The second kappa shape index (κ2) is 9.62. The Kier molecular flexibility index (Phi) is 7.74. The largest absolute Gasteiger partial charge is 0.487 e. The number of fused-ring (bicyclic) bond motifs is 1. The molecule has 0 aliphatic carbocycles. The summed E-state index contributed by atoms with van der Waals surface area (Å²) < 4.78 is 11.3. The Morgan fingerprint density at radius 3 is 2.71 bits per heavy atom. The number of guanidine groups is 1. The highest BCUT2D eigenvalue weighted by Gasteiger charge is 2.33. The van der Waals surface area contributed by atoms with Gasteiger partial charge in [0.2, 0.25) is 0 Å². The minimum absolute atomic E-state index is 0. The van der Waals surface area contributed by atoms with E-state index in [1.54, 1.807) is 7.05 Å². The van der Waals surface area contributed by atoms with E-state index in [9.17, 15) is 0 Å². The minimum atomic E-state index is -0.214. The maximum atomic E-state index is 6.11. The standard InChI is InChI=1S/C21H30N4O2.HI/c1-14-16(15(2)27-25-14)10-8-12-23-20(22-5)24-18-13-21(3,4)26-19-11-7-6-9-17(18)19;/h6-7,9,11,18H,8,10,12-13H2,1-5H3,(H2,22,23,24);1H. The molecule has 0 bridgehead atoms. The normalized spacial score (nSPS) is 17.9. The number of para-hydroxylation sites is 1. The highest BCUT2D eigenvalue weighted by atomic mass is 127. The van der Waals surface area contributed by atoms with Crippen molar-refractivity contribution in [3.05, 3.63) is 46.8 Å². The van der Waals surface area contributed by atoms with Crippen molar-refractivity contribution in [2.75, 3.05) is 13.6 Å². The van der Waals surface area contributed by atoms with Crippen LogP contribution in [0.5, 0.6) is 5.75 Å². The van der Waals surface area contributed by atoms with Gasteiger partial charge in [-0.1, -0.05) is 23.4 Å². The first kappa shape index (κ1) is 22.5. The van der Waals surface area contributed by atoms with Crippen LogP contribution in [0.1, 0.15) is 55.3 Å². The number of rotatable bonds is 5. The van der Waals surface area contributed by atoms with Gasteiger partial charge in [-0.15, -0.1) is 24.0 Å². The smallest absolute Gasteiger partial charge is 0.191 e. The van der Waals surface area contributed by atoms with Crippen molar-refractivity contribution in [1.82, 2.24) is 15.8 Å². The lowest BCUT2D eigenvalue weighted by Gasteiger charge is -2.38. The number of aryl methyl sites for hydroxylation is 2. The van der Waals surface area contributed by atoms with Crippen molar-refractivity contribution in [2.24, 2.45) is 4.99 Å². The average Bonchev–Trinajstić information content (AvgIpc) is 2.94. The Bertz CT molecular complexity index is 797. The molecule has 1 aliphatic heterocycles. The van der Waals surface area contributed by atoms with Gasteiger partial charge in [-0.25, -0.2) is 0 Å². The zero-order valence-electron chi connectivity index (χ0n) is 17.3. The number of hydrogen-bond acceptors (Lipinski definition) is 4. The van der Waals surface area contributed by atoms with Crippen molar-refractivity contribution >= 4 is 29.9 Å². The third-order valence-corrected chi connectivity index (χ3v) is 4.99. The Morgan fingerprint density at radius 1 is 1.29 bits per heavy atom. The molecule has 2 aromatic rings. The summed E-state index contributed by atoms with van der Waals surface area (Å²) in [5, 5.41) is 11.0. The van der Waals surface area contributed by atoms with Crippen LogP contribution in [0.4, 0.5) is 0 Å². The number of hydrogen-bond donors (Lipinski definition) is 2. The van der Waals surface area contributed by atoms with Gasteiger partial charge in [0.25, 0.3) is 0 Å². The SMILES string of the molecule is CN=C(NCCCc1c(C)noc1C)NC1CC(C)(C)Oc2ccccc21.I. The van der Waals surface area contributed by atoms with E-state index in [1.807, 2.05) is 26.0 Å². The molecule has 0 spiro atoms. The van der Waals surface area contributed by atoms with Gasteiger partial charge in [-0.3, -0.25) is 4.99 Å². The predicted octanol–water partition coefficient (Wildman–Crippen LogP) is 4.31. The first-order valence-corrected chi connectivity index (χ1v) is 9.56. The molecule has 0 radical (unpaired) electrons. The Hall–Kier alpha value is -1.77. The first-order chi connectivity index (χ1) is 12.9. The molecule has 1 atom stereocenters. The zero-order chi connectivity index (χ0) is 19.4. The summed E-state index contributed by atoms with van der Waals surface area (Å²) in [4.78, 5) is 4.40. The molecule has 0 saturated carbocycles. The van der Waals surface area contributed by atoms with Crippen LogP contribution in [0.15, 0.2) is 33.8 Å². The molecule has 2 N–H and O–H groups in total. The second-order valence-corrected chi connectivity index (χ2v) is 7.71. The average molecular weight is 498 g/mol. The van der Waals surface area contributed by atoms with Crippen molar-refractivity contribution < 1.29 is 9.26 Å². The summed E-state index contributed by atoms with van der Waals surface area (Å²) >= 11 is 0. The summed E-state index contributed by atoms with van der Waals surface area (Å²) in [7, 11) is 1.81. The van der Waals surface area contributed by atoms with Crippen LogP contribution in [0.3, 0.4) is 0 Å². The highest BCUT2D eigenvalue weighted by Crippen LogP contribution is 2.39. The van der Waals surface area contributed by atoms with Gasteiger partial charge in [-0.05, 0) is 46.6 Å². The lowest BCUT2D eigenvalue weighted by atomic mass is 9.90. The maximum absolute atomic E-state index is 6.11. The van der Waals surface area contributed by atoms with Crippen LogP contribution < -0.4 is 15.4 Å². The fourth-order valence-electron chi connectivity index (χ4n) is 3.62. The van der Waals surface area contributed by atoms with Crippen molar-refractivity contribution in [2.45, 2.75) is 58.6 Å². The van der Waals surface area contributed by atoms with Gasteiger partial charge in [0, 0.05) is 31.1 Å². The van der Waals surface area contributed by atoms with Crippen LogP contribution in [-0.2, 0) is 6.42 Å². The Labute approximate surface area is 184 Å². The molecule has 1 aromatic carbocycles. The summed E-state index contributed by atoms with van der Waals surface area (Å²) in [5.41, 5.74) is 3.15. The third kappa shape index (κ3) is 5.40.